The molecule has 1 fully saturated rings. The summed E-state index contributed by atoms with van der Waals surface area (Å²) in [6.45, 7) is 2.48. The minimum absolute atomic E-state index is 0. The maximum absolute atomic E-state index is 13.3. The number of aliphatic imine (C=N–C) groups is 1. The maximum atomic E-state index is 13.3. The summed E-state index contributed by atoms with van der Waals surface area (Å²) in [5.74, 6) is 1.34. The van der Waals surface area contributed by atoms with Gasteiger partial charge in [0.25, 0.3) is 0 Å². The van der Waals surface area contributed by atoms with Crippen molar-refractivity contribution in [1.82, 2.24) is 10.6 Å². The molecule has 3 rings (SSSR count). The first kappa shape index (κ1) is 16.1. The molecule has 6 heteroatoms. The van der Waals surface area contributed by atoms with Crippen molar-refractivity contribution < 1.29 is 8.81 Å². The van der Waals surface area contributed by atoms with Crippen molar-refractivity contribution >= 4 is 40.9 Å². The zero-order valence-electron chi connectivity index (χ0n) is 12.1. The molecule has 4 nitrogen and oxygen atoms in total. The summed E-state index contributed by atoms with van der Waals surface area (Å²) in [5.41, 5.74) is 1.68. The summed E-state index contributed by atoms with van der Waals surface area (Å²) >= 11 is 0. The van der Waals surface area contributed by atoms with Crippen LogP contribution in [0.15, 0.2) is 27.6 Å². The van der Waals surface area contributed by atoms with E-state index in [1.54, 1.807) is 13.1 Å². The summed E-state index contributed by atoms with van der Waals surface area (Å²) < 4.78 is 19.0. The van der Waals surface area contributed by atoms with Gasteiger partial charge in [0.1, 0.15) is 17.2 Å². The number of benzene rings is 1. The molecule has 1 aliphatic carbocycles. The molecule has 21 heavy (non-hydrogen) atoms. The predicted octanol–water partition coefficient (Wildman–Crippen LogP) is 3.33. The fourth-order valence-corrected chi connectivity index (χ4v) is 2.19. The number of nitrogens with one attached hydrogen (secondary N) is 2. The highest BCUT2D eigenvalue weighted by Crippen LogP contribution is 2.25. The fraction of sp³-hybridized carbons (Fsp3) is 0.400. The first-order chi connectivity index (χ1) is 9.67. The van der Waals surface area contributed by atoms with E-state index in [1.807, 2.05) is 6.92 Å². The zero-order chi connectivity index (χ0) is 14.1. The lowest BCUT2D eigenvalue weighted by Crippen LogP contribution is -2.38. The molecule has 0 amide bonds. The van der Waals surface area contributed by atoms with Crippen LogP contribution in [0.25, 0.3) is 11.0 Å². The fourth-order valence-electron chi connectivity index (χ4n) is 2.19. The van der Waals surface area contributed by atoms with Crippen molar-refractivity contribution in [3.63, 3.8) is 0 Å². The molecule has 0 unspecified atom stereocenters. The largest absolute Gasteiger partial charge is 0.459 e. The number of furan rings is 1. The van der Waals surface area contributed by atoms with Crippen LogP contribution < -0.4 is 10.6 Å². The summed E-state index contributed by atoms with van der Waals surface area (Å²) in [6.07, 6.45) is 2.40. The summed E-state index contributed by atoms with van der Waals surface area (Å²) in [5, 5.41) is 7.36. The average molecular weight is 403 g/mol. The van der Waals surface area contributed by atoms with E-state index in [0.717, 1.165) is 22.7 Å². The highest BCUT2D eigenvalue weighted by atomic mass is 127. The van der Waals surface area contributed by atoms with Crippen molar-refractivity contribution in [2.45, 2.75) is 32.4 Å². The number of nitrogens with zero attached hydrogens (tertiary/aromatic N) is 1. The third kappa shape index (κ3) is 3.66. The van der Waals surface area contributed by atoms with Gasteiger partial charge in [-0.3, -0.25) is 4.99 Å². The third-order valence-corrected chi connectivity index (χ3v) is 3.56. The number of aryl methyl sites for hydroxylation is 1. The van der Waals surface area contributed by atoms with Gasteiger partial charge in [0.2, 0.25) is 0 Å². The molecular weight excluding hydrogens is 384 g/mol. The zero-order valence-corrected chi connectivity index (χ0v) is 14.4. The third-order valence-electron chi connectivity index (χ3n) is 3.56. The van der Waals surface area contributed by atoms with Crippen molar-refractivity contribution in [2.24, 2.45) is 4.99 Å². The molecule has 1 aliphatic rings. The van der Waals surface area contributed by atoms with Crippen LogP contribution in [0.1, 0.15) is 24.2 Å². The number of rotatable bonds is 3. The minimum atomic E-state index is -0.243. The first-order valence-corrected chi connectivity index (χ1v) is 6.82. The maximum Gasteiger partial charge on any atom is 0.191 e. The van der Waals surface area contributed by atoms with Gasteiger partial charge >= 0.3 is 0 Å². The van der Waals surface area contributed by atoms with Crippen molar-refractivity contribution in [1.29, 1.82) is 0 Å². The number of fused-ring (bicyclic) bond motifs is 1. The lowest BCUT2D eigenvalue weighted by Gasteiger charge is -2.10. The molecule has 1 aromatic heterocycles. The van der Waals surface area contributed by atoms with E-state index < -0.39 is 0 Å². The number of hydrogen-bond acceptors (Lipinski definition) is 2. The van der Waals surface area contributed by atoms with Crippen molar-refractivity contribution in [2.75, 3.05) is 7.05 Å². The number of guanidine groups is 1. The van der Waals surface area contributed by atoms with Gasteiger partial charge in [-0.15, -0.1) is 24.0 Å². The molecule has 0 atom stereocenters. The molecule has 0 radical (unpaired) electrons. The highest BCUT2D eigenvalue weighted by Gasteiger charge is 2.22. The molecule has 1 aromatic carbocycles. The Labute approximate surface area is 140 Å². The Hall–Kier alpha value is -1.31. The molecular formula is C15H19FIN3O. The smallest absolute Gasteiger partial charge is 0.191 e. The van der Waals surface area contributed by atoms with Gasteiger partial charge in [0.05, 0.1) is 6.54 Å². The van der Waals surface area contributed by atoms with Gasteiger partial charge in [-0.2, -0.15) is 0 Å². The first-order valence-electron chi connectivity index (χ1n) is 6.82. The van der Waals surface area contributed by atoms with Gasteiger partial charge in [-0.25, -0.2) is 4.39 Å². The van der Waals surface area contributed by atoms with Crippen molar-refractivity contribution in [3.8, 4) is 0 Å². The molecule has 2 aromatic rings. The Balaban J connectivity index is 0.00000161. The molecule has 1 saturated carbocycles. The van der Waals surface area contributed by atoms with Crippen LogP contribution in [0.2, 0.25) is 0 Å². The van der Waals surface area contributed by atoms with Gasteiger partial charge in [0, 0.05) is 24.0 Å². The average Bonchev–Trinajstić information content (AvgIpc) is 3.21. The molecule has 0 aliphatic heterocycles. The topological polar surface area (TPSA) is 49.6 Å². The van der Waals surface area contributed by atoms with E-state index in [0.29, 0.717) is 18.2 Å². The van der Waals surface area contributed by atoms with Crippen LogP contribution in [0.3, 0.4) is 0 Å². The van der Waals surface area contributed by atoms with E-state index >= 15 is 0 Å². The Morgan fingerprint density at radius 1 is 1.43 bits per heavy atom. The summed E-state index contributed by atoms with van der Waals surface area (Å²) in [4.78, 5) is 4.17. The highest BCUT2D eigenvalue weighted by molar-refractivity contribution is 14.0. The second-order valence-electron chi connectivity index (χ2n) is 5.14. The second-order valence-corrected chi connectivity index (χ2v) is 5.14. The van der Waals surface area contributed by atoms with Gasteiger partial charge in [-0.05, 0) is 38.0 Å². The van der Waals surface area contributed by atoms with Crippen LogP contribution in [0.5, 0.6) is 0 Å². The van der Waals surface area contributed by atoms with Crippen LogP contribution in [0, 0.1) is 12.7 Å². The Morgan fingerprint density at radius 3 is 2.86 bits per heavy atom. The SMILES string of the molecule is CN=C(NCc1oc2ccc(F)cc2c1C)NC1CC1.I. The van der Waals surface area contributed by atoms with Gasteiger partial charge in [-0.1, -0.05) is 0 Å². The Bertz CT molecular complexity index is 664. The van der Waals surface area contributed by atoms with E-state index in [2.05, 4.69) is 15.6 Å². The molecule has 2 N–H and O–H groups in total. The molecule has 1 heterocycles. The Kier molecular flexibility index (Phi) is 5.08. The quantitative estimate of drug-likeness (QED) is 0.470. The van der Waals surface area contributed by atoms with Crippen LogP contribution in [-0.2, 0) is 6.54 Å². The lowest BCUT2D eigenvalue weighted by atomic mass is 10.1. The predicted molar refractivity (Wildman–Crippen MR) is 92.7 cm³/mol. The van der Waals surface area contributed by atoms with E-state index in [1.165, 1.54) is 25.0 Å². The number of halogens is 2. The molecule has 0 saturated heterocycles. The molecule has 0 bridgehead atoms. The minimum Gasteiger partial charge on any atom is -0.459 e. The molecule has 0 spiro atoms. The normalized spacial score (nSPS) is 14.9. The van der Waals surface area contributed by atoms with E-state index in [-0.39, 0.29) is 29.8 Å². The standard InChI is InChI=1S/C15H18FN3O.HI/c1-9-12-7-10(16)3-6-13(12)20-14(9)8-18-15(17-2)19-11-4-5-11;/h3,6-7,11H,4-5,8H2,1-2H3,(H2,17,18,19);1H. The summed E-state index contributed by atoms with van der Waals surface area (Å²) in [6, 6.07) is 5.13. The summed E-state index contributed by atoms with van der Waals surface area (Å²) in [7, 11) is 1.75. The Morgan fingerprint density at radius 2 is 2.19 bits per heavy atom. The van der Waals surface area contributed by atoms with Crippen molar-refractivity contribution in [3.05, 3.63) is 35.3 Å². The van der Waals surface area contributed by atoms with E-state index in [9.17, 15) is 4.39 Å². The van der Waals surface area contributed by atoms with Gasteiger partial charge < -0.3 is 15.1 Å². The second kappa shape index (κ2) is 6.64. The van der Waals surface area contributed by atoms with E-state index in [4.69, 9.17) is 4.42 Å². The van der Waals surface area contributed by atoms with Crippen LogP contribution in [-0.4, -0.2) is 19.0 Å². The number of hydrogen-bond donors (Lipinski definition) is 2. The van der Waals surface area contributed by atoms with Crippen LogP contribution in [0.4, 0.5) is 4.39 Å². The lowest BCUT2D eigenvalue weighted by molar-refractivity contribution is 0.534. The van der Waals surface area contributed by atoms with Gasteiger partial charge in [0.15, 0.2) is 5.96 Å². The monoisotopic (exact) mass is 403 g/mol. The van der Waals surface area contributed by atoms with Crippen LogP contribution >= 0.6 is 24.0 Å². The molecule has 114 valence electrons.